The zero-order valence-corrected chi connectivity index (χ0v) is 11.8. The van der Waals surface area contributed by atoms with Crippen LogP contribution in [0, 0.1) is 6.92 Å². The number of benzene rings is 1. The van der Waals surface area contributed by atoms with Crippen LogP contribution in [0.5, 0.6) is 0 Å². The van der Waals surface area contributed by atoms with Crippen molar-refractivity contribution in [3.05, 3.63) is 35.4 Å². The molecule has 1 aromatic carbocycles. The number of nitrogens with zero attached hydrogens (tertiary/aromatic N) is 1. The molecule has 4 nitrogen and oxygen atoms in total. The summed E-state index contributed by atoms with van der Waals surface area (Å²) in [5.41, 5.74) is 2.41. The van der Waals surface area contributed by atoms with Gasteiger partial charge in [-0.2, -0.15) is 0 Å². The van der Waals surface area contributed by atoms with E-state index in [1.807, 2.05) is 12.1 Å². The molecule has 1 heterocycles. The van der Waals surface area contributed by atoms with Gasteiger partial charge in [-0.1, -0.05) is 24.3 Å². The molecule has 1 unspecified atom stereocenters. The molecular weight excluding hydrogens is 238 g/mol. The van der Waals surface area contributed by atoms with Gasteiger partial charge in [0, 0.05) is 38.6 Å². The fraction of sp³-hybridized carbons (Fsp3) is 0.533. The third-order valence-electron chi connectivity index (χ3n) is 3.63. The first-order valence-electron chi connectivity index (χ1n) is 6.88. The van der Waals surface area contributed by atoms with Crippen LogP contribution in [-0.2, 0) is 11.3 Å². The van der Waals surface area contributed by atoms with E-state index in [4.69, 9.17) is 0 Å². The van der Waals surface area contributed by atoms with E-state index in [1.165, 1.54) is 11.1 Å². The van der Waals surface area contributed by atoms with E-state index in [9.17, 15) is 4.79 Å². The van der Waals surface area contributed by atoms with Crippen molar-refractivity contribution in [2.45, 2.75) is 25.9 Å². The molecule has 1 amide bonds. The van der Waals surface area contributed by atoms with E-state index in [1.54, 1.807) is 0 Å². The molecule has 0 radical (unpaired) electrons. The monoisotopic (exact) mass is 261 g/mol. The fourth-order valence-corrected chi connectivity index (χ4v) is 2.43. The van der Waals surface area contributed by atoms with Crippen LogP contribution in [0.3, 0.4) is 0 Å². The quantitative estimate of drug-likeness (QED) is 0.846. The van der Waals surface area contributed by atoms with Crippen LogP contribution >= 0.6 is 0 Å². The predicted octanol–water partition coefficient (Wildman–Crippen LogP) is 0.905. The van der Waals surface area contributed by atoms with Gasteiger partial charge in [-0.15, -0.1) is 0 Å². The lowest BCUT2D eigenvalue weighted by Gasteiger charge is -2.30. The van der Waals surface area contributed by atoms with Gasteiger partial charge in [-0.3, -0.25) is 4.79 Å². The normalized spacial score (nSPS) is 20.2. The van der Waals surface area contributed by atoms with Gasteiger partial charge in [0.15, 0.2) is 0 Å². The maximum Gasteiger partial charge on any atom is 0.221 e. The summed E-state index contributed by atoms with van der Waals surface area (Å²) in [6.45, 7) is 5.65. The van der Waals surface area contributed by atoms with Gasteiger partial charge in [0.05, 0.1) is 0 Å². The van der Waals surface area contributed by atoms with Crippen LogP contribution in [0.1, 0.15) is 17.5 Å². The molecule has 1 atom stereocenters. The summed E-state index contributed by atoms with van der Waals surface area (Å²) < 4.78 is 0. The lowest BCUT2D eigenvalue weighted by Crippen LogP contribution is -2.50. The number of piperazine rings is 1. The highest BCUT2D eigenvalue weighted by Gasteiger charge is 2.19. The van der Waals surface area contributed by atoms with Crippen molar-refractivity contribution >= 4 is 5.91 Å². The van der Waals surface area contributed by atoms with Gasteiger partial charge in [0.25, 0.3) is 0 Å². The van der Waals surface area contributed by atoms with Crippen LogP contribution in [0.25, 0.3) is 0 Å². The molecular formula is C15H23N3O. The molecule has 0 spiro atoms. The van der Waals surface area contributed by atoms with Crippen molar-refractivity contribution in [1.82, 2.24) is 15.5 Å². The average molecular weight is 261 g/mol. The second kappa shape index (κ2) is 6.68. The summed E-state index contributed by atoms with van der Waals surface area (Å²) >= 11 is 0. The number of carbonyl (C=O) groups excluding carboxylic acids is 1. The van der Waals surface area contributed by atoms with E-state index >= 15 is 0 Å². The molecule has 104 valence electrons. The van der Waals surface area contributed by atoms with Crippen LogP contribution in [0.4, 0.5) is 0 Å². The van der Waals surface area contributed by atoms with Crippen molar-refractivity contribution in [2.24, 2.45) is 0 Å². The molecule has 1 fully saturated rings. The maximum atomic E-state index is 11.9. The lowest BCUT2D eigenvalue weighted by atomic mass is 10.1. The molecule has 4 heteroatoms. The van der Waals surface area contributed by atoms with Crippen molar-refractivity contribution in [1.29, 1.82) is 0 Å². The van der Waals surface area contributed by atoms with Crippen LogP contribution in [-0.4, -0.2) is 43.5 Å². The highest BCUT2D eigenvalue weighted by atomic mass is 16.1. The van der Waals surface area contributed by atoms with Crippen LogP contribution < -0.4 is 10.6 Å². The summed E-state index contributed by atoms with van der Waals surface area (Å²) in [7, 11) is 2.10. The van der Waals surface area contributed by atoms with E-state index in [0.29, 0.717) is 13.0 Å². The topological polar surface area (TPSA) is 44.4 Å². The van der Waals surface area contributed by atoms with E-state index < -0.39 is 0 Å². The lowest BCUT2D eigenvalue weighted by molar-refractivity contribution is -0.121. The van der Waals surface area contributed by atoms with Crippen LogP contribution in [0.15, 0.2) is 24.3 Å². The summed E-state index contributed by atoms with van der Waals surface area (Å²) in [4.78, 5) is 14.2. The molecule has 1 aliphatic heterocycles. The molecule has 0 saturated carbocycles. The van der Waals surface area contributed by atoms with Gasteiger partial charge in [0.1, 0.15) is 0 Å². The minimum Gasteiger partial charge on any atom is -0.352 e. The Morgan fingerprint density at radius 1 is 1.47 bits per heavy atom. The third kappa shape index (κ3) is 4.33. The summed E-state index contributed by atoms with van der Waals surface area (Å²) in [5.74, 6) is 0.121. The first-order valence-corrected chi connectivity index (χ1v) is 6.88. The number of hydrogen-bond acceptors (Lipinski definition) is 3. The SMILES string of the molecule is Cc1ccccc1CNC(=O)CC1CN(C)CCN1. The largest absolute Gasteiger partial charge is 0.352 e. The van der Waals surface area contributed by atoms with Crippen molar-refractivity contribution in [3.8, 4) is 0 Å². The molecule has 1 aliphatic rings. The van der Waals surface area contributed by atoms with Crippen molar-refractivity contribution in [2.75, 3.05) is 26.7 Å². The van der Waals surface area contributed by atoms with Crippen LogP contribution in [0.2, 0.25) is 0 Å². The third-order valence-corrected chi connectivity index (χ3v) is 3.63. The van der Waals surface area contributed by atoms with E-state index in [-0.39, 0.29) is 11.9 Å². The fourth-order valence-electron chi connectivity index (χ4n) is 2.43. The molecule has 2 rings (SSSR count). The molecule has 0 aromatic heterocycles. The van der Waals surface area contributed by atoms with E-state index in [0.717, 1.165) is 19.6 Å². The first kappa shape index (κ1) is 14.0. The molecule has 0 bridgehead atoms. The second-order valence-electron chi connectivity index (χ2n) is 5.32. The van der Waals surface area contributed by atoms with Crippen molar-refractivity contribution in [3.63, 3.8) is 0 Å². The highest BCUT2D eigenvalue weighted by molar-refractivity contribution is 5.76. The smallest absolute Gasteiger partial charge is 0.221 e. The molecule has 1 aromatic rings. The minimum atomic E-state index is 0.121. The van der Waals surface area contributed by atoms with Gasteiger partial charge >= 0.3 is 0 Å². The Labute approximate surface area is 115 Å². The number of rotatable bonds is 4. The Hall–Kier alpha value is -1.39. The zero-order chi connectivity index (χ0) is 13.7. The number of hydrogen-bond donors (Lipinski definition) is 2. The number of amides is 1. The summed E-state index contributed by atoms with van der Waals surface area (Å²) in [6.07, 6.45) is 0.552. The average Bonchev–Trinajstić information content (AvgIpc) is 2.38. The Balaban J connectivity index is 1.77. The maximum absolute atomic E-state index is 11.9. The number of carbonyl (C=O) groups is 1. The molecule has 19 heavy (non-hydrogen) atoms. The van der Waals surface area contributed by atoms with Crippen molar-refractivity contribution < 1.29 is 4.79 Å². The highest BCUT2D eigenvalue weighted by Crippen LogP contribution is 2.06. The molecule has 0 aliphatic carbocycles. The Bertz CT molecular complexity index is 433. The number of likely N-dealkylation sites (N-methyl/N-ethyl adjacent to an activating group) is 1. The van der Waals surface area contributed by atoms with E-state index in [2.05, 4.69) is 41.6 Å². The van der Waals surface area contributed by atoms with Gasteiger partial charge in [-0.05, 0) is 25.1 Å². The van der Waals surface area contributed by atoms with Gasteiger partial charge < -0.3 is 15.5 Å². The number of nitrogens with one attached hydrogen (secondary N) is 2. The summed E-state index contributed by atoms with van der Waals surface area (Å²) in [5, 5.41) is 6.39. The van der Waals surface area contributed by atoms with Gasteiger partial charge in [0.2, 0.25) is 5.91 Å². The second-order valence-corrected chi connectivity index (χ2v) is 5.32. The Morgan fingerprint density at radius 2 is 2.26 bits per heavy atom. The zero-order valence-electron chi connectivity index (χ0n) is 11.8. The standard InChI is InChI=1S/C15H23N3O/c1-12-5-3-4-6-13(12)10-17-15(19)9-14-11-18(2)8-7-16-14/h3-6,14,16H,7-11H2,1-2H3,(H,17,19). The molecule has 1 saturated heterocycles. The van der Waals surface area contributed by atoms with Gasteiger partial charge in [-0.25, -0.2) is 0 Å². The summed E-state index contributed by atoms with van der Waals surface area (Å²) in [6, 6.07) is 8.42. The Morgan fingerprint density at radius 3 is 3.00 bits per heavy atom. The first-order chi connectivity index (χ1) is 9.15. The number of aryl methyl sites for hydroxylation is 1. The predicted molar refractivity (Wildman–Crippen MR) is 76.9 cm³/mol. The molecule has 2 N–H and O–H groups in total. The Kier molecular flexibility index (Phi) is 4.93. The minimum absolute atomic E-state index is 0.121.